The van der Waals surface area contributed by atoms with Gasteiger partial charge in [-0.05, 0) is 16.7 Å². The first-order valence-corrected chi connectivity index (χ1v) is 12.2. The molecule has 7 heteroatoms. The Balaban J connectivity index is 1.41. The van der Waals surface area contributed by atoms with Gasteiger partial charge in [-0.3, -0.25) is 0 Å². The third kappa shape index (κ3) is 5.53. The van der Waals surface area contributed by atoms with Gasteiger partial charge < -0.3 is 33.9 Å². The van der Waals surface area contributed by atoms with Crippen molar-refractivity contribution < 1.29 is 33.9 Å². The Bertz CT molecular complexity index is 1060. The van der Waals surface area contributed by atoms with Crippen molar-refractivity contribution in [2.75, 3.05) is 13.2 Å². The van der Waals surface area contributed by atoms with E-state index in [2.05, 4.69) is 0 Å². The second-order valence-electron chi connectivity index (χ2n) is 9.25. The summed E-state index contributed by atoms with van der Waals surface area (Å²) in [5.74, 6) is 0. The molecule has 36 heavy (non-hydrogen) atoms. The molecule has 5 rings (SSSR count). The summed E-state index contributed by atoms with van der Waals surface area (Å²) in [7, 11) is 0. The number of hydrogen-bond donors (Lipinski definition) is 2. The zero-order chi connectivity index (χ0) is 24.8. The Labute approximate surface area is 211 Å². The molecule has 2 aliphatic rings. The predicted molar refractivity (Wildman–Crippen MR) is 132 cm³/mol. The van der Waals surface area contributed by atoms with Gasteiger partial charge in [-0.25, -0.2) is 0 Å². The van der Waals surface area contributed by atoms with Crippen molar-refractivity contribution in [1.29, 1.82) is 0 Å². The highest BCUT2D eigenvalue weighted by atomic mass is 16.7. The Morgan fingerprint density at radius 1 is 0.694 bits per heavy atom. The fraction of sp³-hybridized carbons (Fsp3) is 0.379. The molecular formula is C29H32O7. The molecule has 0 unspecified atom stereocenters. The minimum absolute atomic E-state index is 0.0347. The second kappa shape index (κ2) is 11.6. The van der Waals surface area contributed by atoms with E-state index in [0.29, 0.717) is 6.61 Å². The zero-order valence-electron chi connectivity index (χ0n) is 20.0. The van der Waals surface area contributed by atoms with Crippen LogP contribution in [0.15, 0.2) is 91.0 Å². The van der Waals surface area contributed by atoms with Gasteiger partial charge in [0.15, 0.2) is 11.9 Å². The van der Waals surface area contributed by atoms with Crippen LogP contribution in [0, 0.1) is 0 Å². The van der Waals surface area contributed by atoms with Gasteiger partial charge >= 0.3 is 0 Å². The van der Waals surface area contributed by atoms with Gasteiger partial charge in [0.1, 0.15) is 24.4 Å². The van der Waals surface area contributed by atoms with Crippen LogP contribution in [-0.4, -0.2) is 59.7 Å². The van der Waals surface area contributed by atoms with Gasteiger partial charge in [0.25, 0.3) is 0 Å². The van der Waals surface area contributed by atoms with Crippen molar-refractivity contribution in [2.24, 2.45) is 0 Å². The smallest absolute Gasteiger partial charge is 0.187 e. The Morgan fingerprint density at radius 3 is 1.75 bits per heavy atom. The zero-order valence-corrected chi connectivity index (χ0v) is 20.0. The van der Waals surface area contributed by atoms with E-state index >= 15 is 0 Å². The van der Waals surface area contributed by atoms with Crippen LogP contribution in [0.2, 0.25) is 0 Å². The topological polar surface area (TPSA) is 86.6 Å². The summed E-state index contributed by atoms with van der Waals surface area (Å²) in [6.45, 7) is 0.835. The van der Waals surface area contributed by atoms with Crippen LogP contribution in [-0.2, 0) is 43.5 Å². The molecule has 0 amide bonds. The van der Waals surface area contributed by atoms with E-state index in [1.54, 1.807) is 0 Å². The van der Waals surface area contributed by atoms with Crippen molar-refractivity contribution in [3.63, 3.8) is 0 Å². The van der Waals surface area contributed by atoms with Crippen LogP contribution >= 0.6 is 0 Å². The fourth-order valence-corrected chi connectivity index (χ4v) is 4.87. The van der Waals surface area contributed by atoms with E-state index in [9.17, 15) is 10.2 Å². The molecule has 0 spiro atoms. The van der Waals surface area contributed by atoms with Crippen molar-refractivity contribution in [2.45, 2.75) is 56.1 Å². The lowest BCUT2D eigenvalue weighted by molar-refractivity contribution is -0.231. The molecule has 2 aliphatic heterocycles. The first kappa shape index (κ1) is 25.0. The highest BCUT2D eigenvalue weighted by Crippen LogP contribution is 2.42. The Hall–Kier alpha value is -2.62. The Morgan fingerprint density at radius 2 is 1.19 bits per heavy atom. The largest absolute Gasteiger partial charge is 0.388 e. The summed E-state index contributed by atoms with van der Waals surface area (Å²) < 4.78 is 30.8. The quantitative estimate of drug-likeness (QED) is 0.449. The number of aliphatic hydroxyl groups excluding tert-OH is 2. The summed E-state index contributed by atoms with van der Waals surface area (Å²) in [5, 5.41) is 22.3. The summed E-state index contributed by atoms with van der Waals surface area (Å²) in [6.07, 6.45) is -4.77. The van der Waals surface area contributed by atoms with Crippen molar-refractivity contribution >= 4 is 0 Å². The molecule has 2 saturated heterocycles. The fourth-order valence-electron chi connectivity index (χ4n) is 4.87. The van der Waals surface area contributed by atoms with Gasteiger partial charge in [-0.1, -0.05) is 91.0 Å². The lowest BCUT2D eigenvalue weighted by Gasteiger charge is -2.41. The van der Waals surface area contributed by atoms with E-state index in [1.807, 2.05) is 91.0 Å². The number of fused-ring (bicyclic) bond motifs is 2. The number of rotatable bonds is 10. The monoisotopic (exact) mass is 492 g/mol. The van der Waals surface area contributed by atoms with Crippen LogP contribution < -0.4 is 0 Å². The third-order valence-electron chi connectivity index (χ3n) is 6.65. The minimum Gasteiger partial charge on any atom is -0.388 e. The average Bonchev–Trinajstić information content (AvgIpc) is 3.09. The number of benzene rings is 3. The standard InChI is InChI=1S/C29H32O7/c30-24-19-35-28-25(31)27(34-18-23-14-8-3-9-15-23)29(36-28,20-32-16-21-10-4-1-5-11-21)26(24)33-17-22-12-6-2-7-13-22/h1-15,24-28,30-31H,16-20H2/t24-,25-,26+,27-,28-,29-/m1/s1. The van der Waals surface area contributed by atoms with E-state index in [4.69, 9.17) is 23.7 Å². The lowest BCUT2D eigenvalue weighted by Crippen LogP contribution is -2.62. The lowest BCUT2D eigenvalue weighted by atomic mass is 9.85. The molecule has 3 aromatic rings. The van der Waals surface area contributed by atoms with E-state index < -0.39 is 36.3 Å². The van der Waals surface area contributed by atoms with Crippen LogP contribution in [0.1, 0.15) is 16.7 Å². The molecular weight excluding hydrogens is 460 g/mol. The molecule has 0 aromatic heterocycles. The molecule has 0 aliphatic carbocycles. The third-order valence-corrected chi connectivity index (χ3v) is 6.65. The van der Waals surface area contributed by atoms with Gasteiger partial charge in [0.2, 0.25) is 0 Å². The maximum absolute atomic E-state index is 11.2. The molecule has 0 radical (unpaired) electrons. The maximum Gasteiger partial charge on any atom is 0.187 e. The van der Waals surface area contributed by atoms with Crippen LogP contribution in [0.4, 0.5) is 0 Å². The molecule has 2 heterocycles. The van der Waals surface area contributed by atoms with Crippen molar-refractivity contribution in [3.05, 3.63) is 108 Å². The number of hydrogen-bond acceptors (Lipinski definition) is 7. The first-order chi connectivity index (χ1) is 17.7. The molecule has 190 valence electrons. The summed E-state index contributed by atoms with van der Waals surface area (Å²) >= 11 is 0. The van der Waals surface area contributed by atoms with Crippen molar-refractivity contribution in [3.8, 4) is 0 Å². The van der Waals surface area contributed by atoms with Gasteiger partial charge in [-0.15, -0.1) is 0 Å². The SMILES string of the molecule is O[C@H]1[C@@H]2OC[C@@H](O)[C@H](OCc3ccccc3)[C@@](COCc3ccccc3)(O2)[C@@H]1OCc1ccccc1. The summed E-state index contributed by atoms with van der Waals surface area (Å²) in [5.41, 5.74) is 1.61. The average molecular weight is 493 g/mol. The normalized spacial score (nSPS) is 29.7. The molecule has 6 atom stereocenters. The van der Waals surface area contributed by atoms with E-state index in [0.717, 1.165) is 16.7 Å². The molecule has 0 saturated carbocycles. The second-order valence-corrected chi connectivity index (χ2v) is 9.25. The Kier molecular flexibility index (Phi) is 8.09. The van der Waals surface area contributed by atoms with Gasteiger partial charge in [-0.2, -0.15) is 0 Å². The highest BCUT2D eigenvalue weighted by Gasteiger charge is 2.64. The van der Waals surface area contributed by atoms with E-state index in [-0.39, 0.29) is 26.4 Å². The molecule has 7 nitrogen and oxygen atoms in total. The molecule has 2 fully saturated rings. The van der Waals surface area contributed by atoms with E-state index in [1.165, 1.54) is 0 Å². The molecule has 2 N–H and O–H groups in total. The number of ether oxygens (including phenoxy) is 5. The van der Waals surface area contributed by atoms with Gasteiger partial charge in [0.05, 0.1) is 33.0 Å². The molecule has 3 aromatic carbocycles. The van der Waals surface area contributed by atoms with Crippen molar-refractivity contribution in [1.82, 2.24) is 0 Å². The minimum atomic E-state index is -1.29. The number of aliphatic hydroxyl groups is 2. The maximum atomic E-state index is 11.2. The van der Waals surface area contributed by atoms with Crippen LogP contribution in [0.5, 0.6) is 0 Å². The van der Waals surface area contributed by atoms with Crippen LogP contribution in [0.25, 0.3) is 0 Å². The predicted octanol–water partition coefficient (Wildman–Crippen LogP) is 3.22. The first-order valence-electron chi connectivity index (χ1n) is 12.2. The summed E-state index contributed by atoms with van der Waals surface area (Å²) in [4.78, 5) is 0. The highest BCUT2D eigenvalue weighted by molar-refractivity contribution is 5.17. The summed E-state index contributed by atoms with van der Waals surface area (Å²) in [6, 6.07) is 29.2. The van der Waals surface area contributed by atoms with Crippen LogP contribution in [0.3, 0.4) is 0 Å². The van der Waals surface area contributed by atoms with Gasteiger partial charge in [0, 0.05) is 0 Å². The molecule has 2 bridgehead atoms.